The number of halogens is 1. The molecule has 0 fully saturated rings. The van der Waals surface area contributed by atoms with Crippen LogP contribution in [0.25, 0.3) is 5.69 Å². The first-order valence-corrected chi connectivity index (χ1v) is 9.33. The number of nitrogens with zero attached hydrogens (tertiary/aromatic N) is 4. The number of benzene rings is 2. The van der Waals surface area contributed by atoms with Gasteiger partial charge >= 0.3 is 0 Å². The summed E-state index contributed by atoms with van der Waals surface area (Å²) in [5.41, 5.74) is 2.41. The molecule has 0 saturated heterocycles. The van der Waals surface area contributed by atoms with Crippen LogP contribution in [-0.4, -0.2) is 39.7 Å². The number of ether oxygens (including phenoxy) is 1. The number of rotatable bonds is 5. The van der Waals surface area contributed by atoms with Crippen LogP contribution in [0.5, 0.6) is 5.75 Å². The summed E-state index contributed by atoms with van der Waals surface area (Å²) in [6.45, 7) is 0.219. The highest BCUT2D eigenvalue weighted by atomic mass is 79.9. The van der Waals surface area contributed by atoms with Gasteiger partial charge in [0.1, 0.15) is 24.9 Å². The largest absolute Gasteiger partial charge is 0.482 e. The zero-order valence-corrected chi connectivity index (χ0v) is 16.3. The van der Waals surface area contributed by atoms with Crippen molar-refractivity contribution in [2.24, 2.45) is 0 Å². The lowest BCUT2D eigenvalue weighted by Gasteiger charge is -2.29. The van der Waals surface area contributed by atoms with Crippen LogP contribution in [0.2, 0.25) is 0 Å². The lowest BCUT2D eigenvalue weighted by atomic mass is 10.2. The Balaban J connectivity index is 1.38. The number of carbonyl (C=O) groups excluding carboxylic acids is 2. The maximum absolute atomic E-state index is 12.4. The van der Waals surface area contributed by atoms with Crippen molar-refractivity contribution < 1.29 is 14.3 Å². The van der Waals surface area contributed by atoms with E-state index in [-0.39, 0.29) is 25.0 Å². The molecule has 3 aromatic rings. The van der Waals surface area contributed by atoms with Gasteiger partial charge in [0.15, 0.2) is 6.61 Å². The van der Waals surface area contributed by atoms with E-state index < -0.39 is 0 Å². The van der Waals surface area contributed by atoms with Crippen LogP contribution in [0.3, 0.4) is 0 Å². The molecule has 0 unspecified atom stereocenters. The molecule has 0 aliphatic carbocycles. The fourth-order valence-corrected chi connectivity index (χ4v) is 3.20. The summed E-state index contributed by atoms with van der Waals surface area (Å²) < 4.78 is 7.94. The van der Waals surface area contributed by atoms with E-state index in [1.54, 1.807) is 23.1 Å². The van der Waals surface area contributed by atoms with Crippen molar-refractivity contribution in [1.29, 1.82) is 0 Å². The van der Waals surface area contributed by atoms with Gasteiger partial charge in [0.05, 0.1) is 11.4 Å². The first-order valence-electron chi connectivity index (χ1n) is 8.53. The van der Waals surface area contributed by atoms with Gasteiger partial charge in [-0.25, -0.2) is 9.67 Å². The van der Waals surface area contributed by atoms with Crippen molar-refractivity contribution in [3.05, 3.63) is 65.2 Å². The number of hydrogen-bond acceptors (Lipinski definition) is 5. The summed E-state index contributed by atoms with van der Waals surface area (Å²) >= 11 is 3.37. The van der Waals surface area contributed by atoms with Crippen molar-refractivity contribution >= 4 is 33.4 Å². The molecule has 8 nitrogen and oxygen atoms in total. The van der Waals surface area contributed by atoms with Gasteiger partial charge in [-0.15, -0.1) is 0 Å². The molecule has 9 heteroatoms. The summed E-state index contributed by atoms with van der Waals surface area (Å²) in [5.74, 6) is 0.0807. The second-order valence-corrected chi connectivity index (χ2v) is 7.08. The molecule has 0 bridgehead atoms. The van der Waals surface area contributed by atoms with E-state index in [2.05, 4.69) is 31.3 Å². The molecule has 2 aromatic carbocycles. The van der Waals surface area contributed by atoms with Crippen LogP contribution < -0.4 is 15.0 Å². The van der Waals surface area contributed by atoms with Gasteiger partial charge in [0, 0.05) is 11.0 Å². The van der Waals surface area contributed by atoms with Crippen LogP contribution in [0.1, 0.15) is 5.56 Å². The summed E-state index contributed by atoms with van der Waals surface area (Å²) in [5, 5.41) is 6.92. The molecule has 0 spiro atoms. The highest BCUT2D eigenvalue weighted by Gasteiger charge is 2.27. The number of hydrogen-bond donors (Lipinski definition) is 1. The van der Waals surface area contributed by atoms with E-state index in [0.29, 0.717) is 18.0 Å². The predicted molar refractivity (Wildman–Crippen MR) is 105 cm³/mol. The fraction of sp³-hybridized carbons (Fsp3) is 0.158. The third-order valence-electron chi connectivity index (χ3n) is 4.28. The van der Waals surface area contributed by atoms with Gasteiger partial charge in [-0.1, -0.05) is 28.1 Å². The molecule has 1 aliphatic heterocycles. The second-order valence-electron chi connectivity index (χ2n) is 6.16. The fourth-order valence-electron chi connectivity index (χ4n) is 2.86. The molecule has 1 aliphatic rings. The molecular formula is C19H16BrN5O3. The Morgan fingerprint density at radius 2 is 2.04 bits per heavy atom. The van der Waals surface area contributed by atoms with Crippen molar-refractivity contribution in [1.82, 2.24) is 20.1 Å². The number of anilines is 1. The van der Waals surface area contributed by atoms with E-state index in [1.807, 2.05) is 30.3 Å². The number of aromatic nitrogens is 3. The zero-order valence-electron chi connectivity index (χ0n) is 14.7. The smallest absolute Gasteiger partial charge is 0.265 e. The Hall–Kier alpha value is -3.20. The van der Waals surface area contributed by atoms with Gasteiger partial charge in [0.25, 0.3) is 5.91 Å². The first kappa shape index (κ1) is 18.2. The highest BCUT2D eigenvalue weighted by molar-refractivity contribution is 9.10. The molecule has 28 heavy (non-hydrogen) atoms. The Kier molecular flexibility index (Phi) is 5.07. The molecule has 0 radical (unpaired) electrons. The maximum Gasteiger partial charge on any atom is 0.265 e. The standard InChI is InChI=1S/C19H16BrN5O3/c20-14-3-6-16-17(7-14)28-10-19(27)24(16)9-18(26)22-8-13-1-4-15(5-2-13)25-12-21-11-23-25/h1-7,11-12H,8-10H2,(H,22,26). The second kappa shape index (κ2) is 7.81. The Bertz CT molecular complexity index is 1000. The van der Waals surface area contributed by atoms with Crippen LogP contribution in [0.15, 0.2) is 59.6 Å². The molecule has 1 N–H and O–H groups in total. The van der Waals surface area contributed by atoms with Crippen LogP contribution in [0, 0.1) is 0 Å². The zero-order chi connectivity index (χ0) is 19.5. The Morgan fingerprint density at radius 1 is 1.21 bits per heavy atom. The number of amides is 2. The SMILES string of the molecule is O=C(CN1C(=O)COc2cc(Br)ccc21)NCc1ccc(-n2cncn2)cc1. The third kappa shape index (κ3) is 3.89. The molecule has 0 saturated carbocycles. The topological polar surface area (TPSA) is 89.4 Å². The maximum atomic E-state index is 12.4. The van der Waals surface area contributed by atoms with Crippen molar-refractivity contribution in [2.75, 3.05) is 18.1 Å². The van der Waals surface area contributed by atoms with Gasteiger partial charge in [-0.2, -0.15) is 5.10 Å². The van der Waals surface area contributed by atoms with Gasteiger partial charge in [-0.05, 0) is 35.9 Å². The number of carbonyl (C=O) groups is 2. The monoisotopic (exact) mass is 441 g/mol. The van der Waals surface area contributed by atoms with Crippen LogP contribution >= 0.6 is 15.9 Å². The van der Waals surface area contributed by atoms with Crippen LogP contribution in [-0.2, 0) is 16.1 Å². The Morgan fingerprint density at radius 3 is 2.79 bits per heavy atom. The highest BCUT2D eigenvalue weighted by Crippen LogP contribution is 2.34. The molecule has 2 heterocycles. The van der Waals surface area contributed by atoms with Crippen molar-refractivity contribution in [3.63, 3.8) is 0 Å². The average Bonchev–Trinajstić information content (AvgIpc) is 3.24. The molecular weight excluding hydrogens is 426 g/mol. The molecule has 142 valence electrons. The molecule has 2 amide bonds. The van der Waals surface area contributed by atoms with E-state index in [0.717, 1.165) is 15.7 Å². The average molecular weight is 442 g/mol. The van der Waals surface area contributed by atoms with Gasteiger partial charge in [-0.3, -0.25) is 14.5 Å². The van der Waals surface area contributed by atoms with Gasteiger partial charge in [0.2, 0.25) is 5.91 Å². The lowest BCUT2D eigenvalue weighted by molar-refractivity contribution is -0.125. The minimum absolute atomic E-state index is 0.0616. The minimum atomic E-state index is -0.248. The third-order valence-corrected chi connectivity index (χ3v) is 4.77. The summed E-state index contributed by atoms with van der Waals surface area (Å²) in [4.78, 5) is 29.9. The molecule has 0 atom stereocenters. The quantitative estimate of drug-likeness (QED) is 0.654. The number of fused-ring (bicyclic) bond motifs is 1. The van der Waals surface area contributed by atoms with E-state index in [1.165, 1.54) is 11.2 Å². The van der Waals surface area contributed by atoms with E-state index in [9.17, 15) is 9.59 Å². The molecule has 1 aromatic heterocycles. The first-order chi connectivity index (χ1) is 13.6. The summed E-state index contributed by atoms with van der Waals surface area (Å²) in [7, 11) is 0. The van der Waals surface area contributed by atoms with Crippen molar-refractivity contribution in [3.8, 4) is 11.4 Å². The number of nitrogens with one attached hydrogen (secondary N) is 1. The van der Waals surface area contributed by atoms with E-state index in [4.69, 9.17) is 4.74 Å². The summed E-state index contributed by atoms with van der Waals surface area (Å²) in [6.07, 6.45) is 3.09. The van der Waals surface area contributed by atoms with E-state index >= 15 is 0 Å². The van der Waals surface area contributed by atoms with Crippen molar-refractivity contribution in [2.45, 2.75) is 6.54 Å². The van der Waals surface area contributed by atoms with Gasteiger partial charge < -0.3 is 10.1 Å². The molecule has 4 rings (SSSR count). The predicted octanol–water partition coefficient (Wildman–Crippen LogP) is 2.07. The normalized spacial score (nSPS) is 13.0. The lowest BCUT2D eigenvalue weighted by Crippen LogP contribution is -2.45. The van der Waals surface area contributed by atoms with Crippen LogP contribution in [0.4, 0.5) is 5.69 Å². The summed E-state index contributed by atoms with van der Waals surface area (Å²) in [6, 6.07) is 13.0. The minimum Gasteiger partial charge on any atom is -0.482 e. The Labute approximate surface area is 169 Å².